The molecule has 6 nitrogen and oxygen atoms in total. The molecule has 1 fully saturated rings. The van der Waals surface area contributed by atoms with Gasteiger partial charge < -0.3 is 19.4 Å². The lowest BCUT2D eigenvalue weighted by Gasteiger charge is -2.24. The van der Waals surface area contributed by atoms with Gasteiger partial charge in [0.15, 0.2) is 0 Å². The Bertz CT molecular complexity index is 1050. The molecule has 0 spiro atoms. The van der Waals surface area contributed by atoms with Crippen LogP contribution in [0.3, 0.4) is 0 Å². The van der Waals surface area contributed by atoms with E-state index in [0.29, 0.717) is 18.1 Å². The van der Waals surface area contributed by atoms with E-state index >= 15 is 0 Å². The van der Waals surface area contributed by atoms with E-state index in [-0.39, 0.29) is 24.3 Å². The number of halogens is 2. The maximum absolute atomic E-state index is 13.6. The Hall–Kier alpha value is -3.00. The first-order valence-electron chi connectivity index (χ1n) is 9.82. The fraction of sp³-hybridized carbons (Fsp3) is 0.364. The number of benzene rings is 1. The van der Waals surface area contributed by atoms with Gasteiger partial charge in [-0.25, -0.2) is 8.78 Å². The largest absolute Gasteiger partial charge is 0.490 e. The molecular weight excluding hydrogens is 392 g/mol. The van der Waals surface area contributed by atoms with E-state index in [4.69, 9.17) is 9.47 Å². The van der Waals surface area contributed by atoms with E-state index in [2.05, 4.69) is 10.3 Å². The van der Waals surface area contributed by atoms with E-state index in [1.54, 1.807) is 4.57 Å². The molecule has 1 unspecified atom stereocenters. The third-order valence-electron chi connectivity index (χ3n) is 5.06. The average molecular weight is 415 g/mol. The highest BCUT2D eigenvalue weighted by Crippen LogP contribution is 2.30. The van der Waals surface area contributed by atoms with Crippen molar-refractivity contribution < 1.29 is 18.3 Å². The van der Waals surface area contributed by atoms with Gasteiger partial charge in [0.25, 0.3) is 0 Å². The second-order valence-electron chi connectivity index (χ2n) is 7.57. The fourth-order valence-electron chi connectivity index (χ4n) is 3.34. The van der Waals surface area contributed by atoms with Gasteiger partial charge in [0, 0.05) is 18.2 Å². The van der Waals surface area contributed by atoms with Crippen LogP contribution in [0.4, 0.5) is 14.7 Å². The summed E-state index contributed by atoms with van der Waals surface area (Å²) in [6.45, 7) is 2.06. The highest BCUT2D eigenvalue weighted by Gasteiger charge is 2.27. The number of hydrogen-bond donors (Lipinski definition) is 1. The summed E-state index contributed by atoms with van der Waals surface area (Å²) in [6.07, 6.45) is 8.55. The van der Waals surface area contributed by atoms with Crippen LogP contribution in [0.1, 0.15) is 31.7 Å². The smallest absolute Gasteiger partial charge is 0.316 e. The monoisotopic (exact) mass is 415 g/mol. The summed E-state index contributed by atoms with van der Waals surface area (Å²) in [6, 6.07) is 3.30. The van der Waals surface area contributed by atoms with Crippen LogP contribution in [-0.4, -0.2) is 28.9 Å². The minimum atomic E-state index is -0.670. The van der Waals surface area contributed by atoms with Gasteiger partial charge in [0.2, 0.25) is 11.7 Å². The molecule has 8 heteroatoms. The second-order valence-corrected chi connectivity index (χ2v) is 7.57. The molecule has 1 aromatic heterocycles. The van der Waals surface area contributed by atoms with Crippen molar-refractivity contribution in [3.05, 3.63) is 75.4 Å². The van der Waals surface area contributed by atoms with Crippen LogP contribution in [0.15, 0.2) is 52.6 Å². The number of allylic oxidation sites excluding steroid dienone is 2. The number of rotatable bonds is 7. The molecule has 2 aliphatic carbocycles. The Morgan fingerprint density at radius 2 is 1.97 bits per heavy atom. The van der Waals surface area contributed by atoms with Crippen LogP contribution in [-0.2, 0) is 11.3 Å². The number of nitrogens with zero attached hydrogens (tertiary/aromatic N) is 2. The lowest BCUT2D eigenvalue weighted by Crippen LogP contribution is -2.23. The molecule has 0 aliphatic heterocycles. The number of ether oxygens (including phenoxy) is 2. The lowest BCUT2D eigenvalue weighted by molar-refractivity contribution is 0.0706. The van der Waals surface area contributed by atoms with E-state index in [1.807, 2.05) is 19.1 Å². The number of aromatic nitrogens is 2. The molecule has 4 rings (SSSR count). The third kappa shape index (κ3) is 4.76. The first-order valence-corrected chi connectivity index (χ1v) is 9.82. The summed E-state index contributed by atoms with van der Waals surface area (Å²) in [5, 5.41) is 3.22. The maximum Gasteiger partial charge on any atom is 0.316 e. The molecule has 0 saturated heterocycles. The summed E-state index contributed by atoms with van der Waals surface area (Å²) in [5.41, 5.74) is 1.74. The van der Waals surface area contributed by atoms with Crippen LogP contribution in [0.25, 0.3) is 0 Å². The first kappa shape index (κ1) is 20.3. The molecule has 2 aliphatic rings. The van der Waals surface area contributed by atoms with Gasteiger partial charge >= 0.3 is 5.56 Å². The molecule has 2 aromatic rings. The van der Waals surface area contributed by atoms with Gasteiger partial charge in [-0.2, -0.15) is 4.98 Å². The Labute approximate surface area is 172 Å². The summed E-state index contributed by atoms with van der Waals surface area (Å²) < 4.78 is 39.9. The molecule has 0 bridgehead atoms. The lowest BCUT2D eigenvalue weighted by atomic mass is 10.0. The van der Waals surface area contributed by atoms with E-state index < -0.39 is 17.2 Å². The van der Waals surface area contributed by atoms with Crippen molar-refractivity contribution in [1.29, 1.82) is 0 Å². The Kier molecular flexibility index (Phi) is 5.67. The van der Waals surface area contributed by atoms with Crippen LogP contribution < -0.4 is 15.6 Å². The van der Waals surface area contributed by atoms with Gasteiger partial charge in [-0.1, -0.05) is 12.2 Å². The number of hydrogen-bond acceptors (Lipinski definition) is 5. The van der Waals surface area contributed by atoms with Crippen molar-refractivity contribution in [2.45, 2.75) is 44.9 Å². The zero-order valence-electron chi connectivity index (χ0n) is 16.8. The molecule has 0 amide bonds. The van der Waals surface area contributed by atoms with E-state index in [0.717, 1.165) is 30.2 Å². The number of nitrogens with one attached hydrogen (secondary N) is 1. The summed E-state index contributed by atoms with van der Waals surface area (Å²) in [7, 11) is 1.37. The molecule has 30 heavy (non-hydrogen) atoms. The Balaban J connectivity index is 1.63. The van der Waals surface area contributed by atoms with Gasteiger partial charge in [-0.05, 0) is 43.0 Å². The van der Waals surface area contributed by atoms with Crippen LogP contribution in [0.2, 0.25) is 0 Å². The SMILES string of the molecule is COc1cn(Cc2cc(F)cc(F)c2)c(NC2=C(C)C=CC(OC3CC3)C2)nc1=O. The van der Waals surface area contributed by atoms with Crippen LogP contribution >= 0.6 is 0 Å². The summed E-state index contributed by atoms with van der Waals surface area (Å²) in [4.78, 5) is 16.4. The minimum Gasteiger partial charge on any atom is -0.490 e. The third-order valence-corrected chi connectivity index (χ3v) is 5.06. The Morgan fingerprint density at radius 1 is 1.23 bits per heavy atom. The van der Waals surface area contributed by atoms with Gasteiger partial charge in [0.1, 0.15) is 11.6 Å². The molecule has 158 valence electrons. The molecule has 1 atom stereocenters. The van der Waals surface area contributed by atoms with Crippen molar-refractivity contribution in [3.8, 4) is 5.75 Å². The standard InChI is InChI=1S/C22H23F2N3O3/c1-13-3-4-18(30-17-5-6-17)10-19(13)25-22-26-21(28)20(29-2)12-27(22)11-14-7-15(23)9-16(24)8-14/h3-4,7-9,12,17-18H,5-6,10-11H2,1-2H3,(H,25,26,28). The summed E-state index contributed by atoms with van der Waals surface area (Å²) in [5.74, 6) is -1.03. The quantitative estimate of drug-likeness (QED) is 0.746. The summed E-state index contributed by atoms with van der Waals surface area (Å²) >= 11 is 0. The van der Waals surface area contributed by atoms with Gasteiger partial charge in [-0.15, -0.1) is 0 Å². The molecule has 1 saturated carbocycles. The second kappa shape index (κ2) is 8.39. The van der Waals surface area contributed by atoms with E-state index in [9.17, 15) is 13.6 Å². The van der Waals surface area contributed by atoms with Crippen molar-refractivity contribution in [2.75, 3.05) is 12.4 Å². The fourth-order valence-corrected chi connectivity index (χ4v) is 3.34. The van der Waals surface area contributed by atoms with Crippen LogP contribution in [0, 0.1) is 11.6 Å². The van der Waals surface area contributed by atoms with Gasteiger partial charge in [0.05, 0.1) is 32.1 Å². The number of methoxy groups -OCH3 is 1. The predicted octanol–water partition coefficient (Wildman–Crippen LogP) is 3.77. The minimum absolute atomic E-state index is 0.0422. The highest BCUT2D eigenvalue weighted by atomic mass is 19.1. The molecule has 1 N–H and O–H groups in total. The molecular formula is C22H23F2N3O3. The zero-order valence-corrected chi connectivity index (χ0v) is 16.8. The topological polar surface area (TPSA) is 65.4 Å². The normalized spacial score (nSPS) is 18.6. The molecule has 1 heterocycles. The zero-order chi connectivity index (χ0) is 21.3. The van der Waals surface area contributed by atoms with Gasteiger partial charge in [-0.3, -0.25) is 4.79 Å². The first-order chi connectivity index (χ1) is 14.4. The molecule has 1 aromatic carbocycles. The van der Waals surface area contributed by atoms with Crippen LogP contribution in [0.5, 0.6) is 5.75 Å². The average Bonchev–Trinajstić information content (AvgIpc) is 3.49. The highest BCUT2D eigenvalue weighted by molar-refractivity contribution is 5.44. The van der Waals surface area contributed by atoms with Crippen molar-refractivity contribution in [2.24, 2.45) is 0 Å². The predicted molar refractivity (Wildman–Crippen MR) is 108 cm³/mol. The van der Waals surface area contributed by atoms with Crippen molar-refractivity contribution in [1.82, 2.24) is 9.55 Å². The Morgan fingerprint density at radius 3 is 2.63 bits per heavy atom. The maximum atomic E-state index is 13.6. The molecule has 0 radical (unpaired) electrons. The van der Waals surface area contributed by atoms with Crippen molar-refractivity contribution in [3.63, 3.8) is 0 Å². The number of anilines is 1. The van der Waals surface area contributed by atoms with E-state index in [1.165, 1.54) is 25.4 Å². The van der Waals surface area contributed by atoms with Crippen molar-refractivity contribution >= 4 is 5.95 Å².